The van der Waals surface area contributed by atoms with E-state index in [0.29, 0.717) is 0 Å². The Morgan fingerprint density at radius 3 is 2.50 bits per heavy atom. The molecular formula is C8H7N3O3S2. The Morgan fingerprint density at radius 1 is 1.31 bits per heavy atom. The van der Waals surface area contributed by atoms with Crippen molar-refractivity contribution >= 4 is 33.5 Å². The minimum absolute atomic E-state index is 0.221. The molecule has 6 nitrogen and oxygen atoms in total. The number of amides is 1. The Bertz CT molecular complexity index is 521. The smallest absolute Gasteiger partial charge is 0.268 e. The maximum atomic E-state index is 11.4. The van der Waals surface area contributed by atoms with Crippen LogP contribution in [-0.2, 0) is 10.2 Å². The largest absolute Gasteiger partial charge is 0.339 e. The minimum Gasteiger partial charge on any atom is -0.268 e. The first kappa shape index (κ1) is 12.3. The summed E-state index contributed by atoms with van der Waals surface area (Å²) in [6, 6.07) is 7.90. The van der Waals surface area contributed by atoms with Gasteiger partial charge in [0.25, 0.3) is 5.91 Å². The number of carbonyl (C=O) groups excluding carboxylic acids is 1. The molecule has 0 aromatic heterocycles. The molecule has 0 bridgehead atoms. The van der Waals surface area contributed by atoms with Crippen LogP contribution in [0.5, 0.6) is 0 Å². The molecular weight excluding hydrogens is 250 g/mol. The fourth-order valence-electron chi connectivity index (χ4n) is 0.872. The van der Waals surface area contributed by atoms with Crippen LogP contribution in [0.2, 0.25) is 0 Å². The standard InChI is InChI=1S/C8H7N3O3S2/c12-8(7-4-2-1-3-5-7)10-16(13,14)11-9-6-15/h1-5,11H,(H,10,12). The fourth-order valence-corrected chi connectivity index (χ4v) is 1.55. The number of thiocarbonyl (C=S) groups is 1. The molecule has 0 atom stereocenters. The SMILES string of the molecule is O=C(NS(=O)(=O)NN=C=S)c1ccccc1. The number of isothiocyanates is 1. The Labute approximate surface area is 97.5 Å². The Kier molecular flexibility index (Phi) is 4.12. The second-order valence-electron chi connectivity index (χ2n) is 2.60. The summed E-state index contributed by atoms with van der Waals surface area (Å²) in [7, 11) is -4.04. The highest BCUT2D eigenvalue weighted by Gasteiger charge is 2.14. The molecule has 1 amide bonds. The van der Waals surface area contributed by atoms with Crippen molar-refractivity contribution in [2.75, 3.05) is 0 Å². The summed E-state index contributed by atoms with van der Waals surface area (Å²) in [4.78, 5) is 13.1. The van der Waals surface area contributed by atoms with Gasteiger partial charge in [-0.1, -0.05) is 18.2 Å². The Hall–Kier alpha value is -1.76. The van der Waals surface area contributed by atoms with E-state index in [1.165, 1.54) is 12.1 Å². The molecule has 0 saturated heterocycles. The van der Waals surface area contributed by atoms with Crippen LogP contribution in [0.3, 0.4) is 0 Å². The normalized spacial score (nSPS) is 10.0. The van der Waals surface area contributed by atoms with Crippen LogP contribution in [0.25, 0.3) is 0 Å². The zero-order valence-electron chi connectivity index (χ0n) is 7.88. The summed E-state index contributed by atoms with van der Waals surface area (Å²) in [6.45, 7) is 0. The summed E-state index contributed by atoms with van der Waals surface area (Å²) >= 11 is 4.17. The minimum atomic E-state index is -4.04. The lowest BCUT2D eigenvalue weighted by atomic mass is 10.2. The van der Waals surface area contributed by atoms with Crippen LogP contribution >= 0.6 is 12.2 Å². The third-order valence-electron chi connectivity index (χ3n) is 1.47. The molecule has 84 valence electrons. The first-order chi connectivity index (χ1) is 7.55. The van der Waals surface area contributed by atoms with Crippen molar-refractivity contribution in [3.05, 3.63) is 35.9 Å². The molecule has 1 rings (SSSR count). The van der Waals surface area contributed by atoms with Crippen LogP contribution in [0, 0.1) is 0 Å². The Morgan fingerprint density at radius 2 is 1.94 bits per heavy atom. The van der Waals surface area contributed by atoms with E-state index < -0.39 is 16.1 Å². The second-order valence-corrected chi connectivity index (χ2v) is 4.17. The van der Waals surface area contributed by atoms with E-state index in [-0.39, 0.29) is 5.56 Å². The highest BCUT2D eigenvalue weighted by atomic mass is 32.2. The molecule has 0 heterocycles. The zero-order chi connectivity index (χ0) is 12.0. The van der Waals surface area contributed by atoms with Gasteiger partial charge in [0.05, 0.1) is 5.16 Å². The molecule has 0 fully saturated rings. The summed E-state index contributed by atoms with van der Waals surface area (Å²) < 4.78 is 24.0. The maximum Gasteiger partial charge on any atom is 0.339 e. The van der Waals surface area contributed by atoms with Crippen molar-refractivity contribution in [3.8, 4) is 0 Å². The predicted octanol–water partition coefficient (Wildman–Crippen LogP) is 0.269. The molecule has 0 saturated carbocycles. The first-order valence-corrected chi connectivity index (χ1v) is 5.90. The number of rotatable bonds is 4. The van der Waals surface area contributed by atoms with E-state index in [1.807, 2.05) is 0 Å². The molecule has 8 heteroatoms. The van der Waals surface area contributed by atoms with Crippen molar-refractivity contribution in [3.63, 3.8) is 0 Å². The number of nitrogens with zero attached hydrogens (tertiary/aromatic N) is 1. The third kappa shape index (κ3) is 3.77. The molecule has 0 unspecified atom stereocenters. The highest BCUT2D eigenvalue weighted by molar-refractivity contribution is 7.88. The molecule has 1 aromatic carbocycles. The molecule has 0 aliphatic heterocycles. The van der Waals surface area contributed by atoms with Crippen LogP contribution in [0.1, 0.15) is 10.4 Å². The number of hydrogen-bond donors (Lipinski definition) is 2. The van der Waals surface area contributed by atoms with Crippen molar-refractivity contribution in [1.29, 1.82) is 0 Å². The first-order valence-electron chi connectivity index (χ1n) is 4.01. The highest BCUT2D eigenvalue weighted by Crippen LogP contribution is 1.98. The van der Waals surface area contributed by atoms with Crippen LogP contribution in [0.4, 0.5) is 0 Å². The lowest BCUT2D eigenvalue weighted by Gasteiger charge is -2.04. The molecule has 2 N–H and O–H groups in total. The lowest BCUT2D eigenvalue weighted by Crippen LogP contribution is -2.37. The molecule has 0 radical (unpaired) electrons. The second kappa shape index (κ2) is 5.36. The van der Waals surface area contributed by atoms with Gasteiger partial charge in [-0.05, 0) is 24.4 Å². The van der Waals surface area contributed by atoms with Crippen molar-refractivity contribution in [2.45, 2.75) is 0 Å². The van der Waals surface area contributed by atoms with Gasteiger partial charge in [-0.3, -0.25) is 4.79 Å². The van der Waals surface area contributed by atoms with Gasteiger partial charge >= 0.3 is 10.2 Å². The third-order valence-corrected chi connectivity index (χ3v) is 2.35. The number of benzene rings is 1. The summed E-state index contributed by atoms with van der Waals surface area (Å²) in [5.41, 5.74) is 0.221. The van der Waals surface area contributed by atoms with Crippen LogP contribution in [0.15, 0.2) is 35.4 Å². The zero-order valence-corrected chi connectivity index (χ0v) is 9.51. The molecule has 0 aliphatic rings. The van der Waals surface area contributed by atoms with E-state index in [9.17, 15) is 13.2 Å². The van der Waals surface area contributed by atoms with Gasteiger partial charge in [-0.25, -0.2) is 4.72 Å². The molecule has 0 spiro atoms. The van der Waals surface area contributed by atoms with Crippen LogP contribution < -0.4 is 9.55 Å². The van der Waals surface area contributed by atoms with Crippen LogP contribution in [-0.4, -0.2) is 19.5 Å². The van der Waals surface area contributed by atoms with Crippen molar-refractivity contribution in [2.24, 2.45) is 5.10 Å². The average Bonchev–Trinajstić information content (AvgIpc) is 2.27. The quantitative estimate of drug-likeness (QED) is 0.460. The van der Waals surface area contributed by atoms with Crippen molar-refractivity contribution < 1.29 is 13.2 Å². The number of hydrazone groups is 1. The monoisotopic (exact) mass is 257 g/mol. The van der Waals surface area contributed by atoms with Gasteiger partial charge in [-0.15, -0.1) is 5.10 Å². The average molecular weight is 257 g/mol. The van der Waals surface area contributed by atoms with Gasteiger partial charge in [0, 0.05) is 5.56 Å². The maximum absolute atomic E-state index is 11.4. The fraction of sp³-hybridized carbons (Fsp3) is 0. The predicted molar refractivity (Wildman–Crippen MR) is 61.0 cm³/mol. The summed E-state index contributed by atoms with van der Waals surface area (Å²) in [6.07, 6.45) is 0. The van der Waals surface area contributed by atoms with Gasteiger partial charge in [0.1, 0.15) is 0 Å². The Balaban J connectivity index is 2.76. The number of hydrogen-bond acceptors (Lipinski definition) is 5. The topological polar surface area (TPSA) is 87.6 Å². The van der Waals surface area contributed by atoms with E-state index >= 15 is 0 Å². The van der Waals surface area contributed by atoms with Crippen molar-refractivity contribution in [1.82, 2.24) is 9.55 Å². The summed E-state index contributed by atoms with van der Waals surface area (Å²) in [5, 5.41) is 4.81. The molecule has 16 heavy (non-hydrogen) atoms. The van der Waals surface area contributed by atoms with Gasteiger partial charge < -0.3 is 0 Å². The molecule has 1 aromatic rings. The molecule has 0 aliphatic carbocycles. The van der Waals surface area contributed by atoms with E-state index in [1.54, 1.807) is 32.9 Å². The van der Waals surface area contributed by atoms with E-state index in [4.69, 9.17) is 0 Å². The lowest BCUT2D eigenvalue weighted by molar-refractivity contribution is 0.0981. The summed E-state index contributed by atoms with van der Waals surface area (Å²) in [5.74, 6) is -0.757. The number of nitrogens with one attached hydrogen (secondary N) is 2. The van der Waals surface area contributed by atoms with E-state index in [0.717, 1.165) is 0 Å². The van der Waals surface area contributed by atoms with E-state index in [2.05, 4.69) is 17.3 Å². The van der Waals surface area contributed by atoms with Gasteiger partial charge in [-0.2, -0.15) is 13.2 Å². The number of carbonyl (C=O) groups is 1. The van der Waals surface area contributed by atoms with Gasteiger partial charge in [0.15, 0.2) is 0 Å². The van der Waals surface area contributed by atoms with Gasteiger partial charge in [0.2, 0.25) is 0 Å².